The lowest BCUT2D eigenvalue weighted by molar-refractivity contribution is -0.125. The number of aromatic nitrogens is 2. The predicted molar refractivity (Wildman–Crippen MR) is 117 cm³/mol. The van der Waals surface area contributed by atoms with Gasteiger partial charge in [0.1, 0.15) is 17.3 Å². The van der Waals surface area contributed by atoms with E-state index in [9.17, 15) is 14.9 Å². The lowest BCUT2D eigenvalue weighted by atomic mass is 9.88. The van der Waals surface area contributed by atoms with Gasteiger partial charge in [0, 0.05) is 19.6 Å². The first kappa shape index (κ1) is 22.5. The lowest BCUT2D eigenvalue weighted by Gasteiger charge is -2.31. The molecule has 3 atom stereocenters. The van der Waals surface area contributed by atoms with Crippen molar-refractivity contribution >= 4 is 11.8 Å². The summed E-state index contributed by atoms with van der Waals surface area (Å²) in [6.07, 6.45) is 3.37. The van der Waals surface area contributed by atoms with Gasteiger partial charge < -0.3 is 15.6 Å². The molecule has 3 N–H and O–H groups in total. The number of carbonyl (C=O) groups is 2. The first-order valence-corrected chi connectivity index (χ1v) is 10.6. The van der Waals surface area contributed by atoms with Crippen LogP contribution in [0.5, 0.6) is 0 Å². The number of hydrogen-bond acceptors (Lipinski definition) is 5. The van der Waals surface area contributed by atoms with Crippen LogP contribution in [-0.2, 0) is 11.3 Å². The minimum Gasteiger partial charge on any atom is -0.341 e. The molecule has 1 aliphatic rings. The van der Waals surface area contributed by atoms with E-state index >= 15 is 0 Å². The molecule has 31 heavy (non-hydrogen) atoms. The van der Waals surface area contributed by atoms with Gasteiger partial charge in [0.2, 0.25) is 5.91 Å². The van der Waals surface area contributed by atoms with Gasteiger partial charge in [-0.15, -0.1) is 0 Å². The van der Waals surface area contributed by atoms with E-state index in [2.05, 4.69) is 43.7 Å². The van der Waals surface area contributed by atoms with Crippen LogP contribution >= 0.6 is 0 Å². The van der Waals surface area contributed by atoms with Crippen LogP contribution in [0.25, 0.3) is 0 Å². The zero-order valence-electron chi connectivity index (χ0n) is 18.3. The Hall–Kier alpha value is -3.18. The number of nitrogens with zero attached hydrogens (tertiary/aromatic N) is 3. The molecule has 0 saturated carbocycles. The Balaban J connectivity index is 1.70. The summed E-state index contributed by atoms with van der Waals surface area (Å²) in [5, 5.41) is 15.7. The van der Waals surface area contributed by atoms with Gasteiger partial charge in [-0.25, -0.2) is 4.98 Å². The molecule has 0 aliphatic carbocycles. The maximum Gasteiger partial charge on any atom is 0.270 e. The van der Waals surface area contributed by atoms with Gasteiger partial charge in [-0.05, 0) is 23.8 Å². The standard InChI is InChI=1S/C23H30N6O2/c1-16(2)17(3)20(27-21(30)19-11-25-15-26-19)22(31)28-23(13-24)9-10-29(14-23)12-18-7-5-4-6-8-18/h4-8,11,15-17,20H,9-10,12,14H2,1-3H3,(H,25,26)(H,27,30)(H,28,31). The Labute approximate surface area is 183 Å². The van der Waals surface area contributed by atoms with E-state index in [4.69, 9.17) is 0 Å². The molecule has 2 heterocycles. The number of likely N-dealkylation sites (tertiary alicyclic amines) is 1. The Morgan fingerprint density at radius 1 is 1.29 bits per heavy atom. The van der Waals surface area contributed by atoms with Crippen molar-refractivity contribution in [2.45, 2.75) is 45.3 Å². The van der Waals surface area contributed by atoms with Crippen LogP contribution in [0.15, 0.2) is 42.9 Å². The van der Waals surface area contributed by atoms with Gasteiger partial charge in [-0.2, -0.15) is 5.26 Å². The van der Waals surface area contributed by atoms with Crippen LogP contribution < -0.4 is 10.6 Å². The van der Waals surface area contributed by atoms with Crippen molar-refractivity contribution in [2.75, 3.05) is 13.1 Å². The number of benzene rings is 1. The van der Waals surface area contributed by atoms with Crippen molar-refractivity contribution in [1.82, 2.24) is 25.5 Å². The van der Waals surface area contributed by atoms with Crippen molar-refractivity contribution < 1.29 is 9.59 Å². The summed E-state index contributed by atoms with van der Waals surface area (Å²) in [7, 11) is 0. The molecule has 1 aromatic heterocycles. The zero-order chi connectivity index (χ0) is 22.4. The highest BCUT2D eigenvalue weighted by molar-refractivity contribution is 5.96. The van der Waals surface area contributed by atoms with Crippen LogP contribution in [0.3, 0.4) is 0 Å². The fraction of sp³-hybridized carbons (Fsp3) is 0.478. The number of nitriles is 1. The summed E-state index contributed by atoms with van der Waals surface area (Å²) in [6.45, 7) is 7.82. The Morgan fingerprint density at radius 3 is 2.65 bits per heavy atom. The second-order valence-electron chi connectivity index (χ2n) is 8.65. The Bertz CT molecular complexity index is 921. The fourth-order valence-electron chi connectivity index (χ4n) is 3.82. The Morgan fingerprint density at radius 2 is 2.03 bits per heavy atom. The van der Waals surface area contributed by atoms with Gasteiger partial charge >= 0.3 is 0 Å². The second-order valence-corrected chi connectivity index (χ2v) is 8.65. The van der Waals surface area contributed by atoms with Gasteiger partial charge in [-0.3, -0.25) is 14.5 Å². The third-order valence-electron chi connectivity index (χ3n) is 6.06. The van der Waals surface area contributed by atoms with Gasteiger partial charge in [-0.1, -0.05) is 51.1 Å². The number of aromatic amines is 1. The van der Waals surface area contributed by atoms with Crippen molar-refractivity contribution in [3.05, 3.63) is 54.1 Å². The minimum absolute atomic E-state index is 0.121. The molecule has 1 aliphatic heterocycles. The van der Waals surface area contributed by atoms with Gasteiger partial charge in [0.25, 0.3) is 5.91 Å². The summed E-state index contributed by atoms with van der Waals surface area (Å²) in [4.78, 5) is 34.6. The van der Waals surface area contributed by atoms with Gasteiger partial charge in [0.15, 0.2) is 0 Å². The summed E-state index contributed by atoms with van der Waals surface area (Å²) >= 11 is 0. The third kappa shape index (κ3) is 5.50. The second kappa shape index (κ2) is 9.75. The molecule has 8 nitrogen and oxygen atoms in total. The molecule has 3 unspecified atom stereocenters. The number of amides is 2. The van der Waals surface area contributed by atoms with Crippen LogP contribution in [0.1, 0.15) is 43.2 Å². The summed E-state index contributed by atoms with van der Waals surface area (Å²) in [5.41, 5.74) is 0.485. The van der Waals surface area contributed by atoms with E-state index in [1.54, 1.807) is 0 Å². The largest absolute Gasteiger partial charge is 0.341 e. The molecule has 2 aromatic rings. The maximum atomic E-state index is 13.3. The monoisotopic (exact) mass is 422 g/mol. The number of hydrogen-bond donors (Lipinski definition) is 3. The number of carbonyl (C=O) groups excluding carboxylic acids is 2. The number of nitrogens with one attached hydrogen (secondary N) is 3. The molecule has 1 fully saturated rings. The molecule has 0 radical (unpaired) electrons. The van der Waals surface area contributed by atoms with Gasteiger partial charge in [0.05, 0.1) is 18.6 Å². The van der Waals surface area contributed by atoms with E-state index in [1.807, 2.05) is 39.0 Å². The van der Waals surface area contributed by atoms with E-state index < -0.39 is 17.5 Å². The normalized spacial score (nSPS) is 20.7. The average molecular weight is 423 g/mol. The molecular weight excluding hydrogens is 392 g/mol. The van der Waals surface area contributed by atoms with E-state index in [0.29, 0.717) is 25.2 Å². The summed E-state index contributed by atoms with van der Waals surface area (Å²) in [6, 6.07) is 11.6. The third-order valence-corrected chi connectivity index (χ3v) is 6.06. The molecule has 0 bridgehead atoms. The molecule has 8 heteroatoms. The van der Waals surface area contributed by atoms with Crippen LogP contribution in [0.2, 0.25) is 0 Å². The van der Waals surface area contributed by atoms with Crippen LogP contribution in [-0.4, -0.2) is 51.4 Å². The molecule has 1 aromatic carbocycles. The van der Waals surface area contributed by atoms with E-state index in [0.717, 1.165) is 6.54 Å². The SMILES string of the molecule is CC(C)C(C)C(NC(=O)c1cnc[nH]1)C(=O)NC1(C#N)CCN(Cc2ccccc2)C1. The molecular formula is C23H30N6O2. The average Bonchev–Trinajstić information content (AvgIpc) is 3.43. The highest BCUT2D eigenvalue weighted by Crippen LogP contribution is 2.24. The topological polar surface area (TPSA) is 114 Å². The highest BCUT2D eigenvalue weighted by Gasteiger charge is 2.42. The molecule has 164 valence electrons. The summed E-state index contributed by atoms with van der Waals surface area (Å²) < 4.78 is 0. The fourth-order valence-corrected chi connectivity index (χ4v) is 3.82. The molecule has 1 saturated heterocycles. The van der Waals surface area contributed by atoms with Crippen molar-refractivity contribution in [3.8, 4) is 6.07 Å². The molecule has 3 rings (SSSR count). The highest BCUT2D eigenvalue weighted by atomic mass is 16.2. The van der Waals surface area contributed by atoms with Crippen LogP contribution in [0.4, 0.5) is 0 Å². The number of imidazole rings is 1. The van der Waals surface area contributed by atoms with E-state index in [1.165, 1.54) is 18.1 Å². The zero-order valence-corrected chi connectivity index (χ0v) is 18.3. The number of rotatable bonds is 8. The number of H-pyrrole nitrogens is 1. The quantitative estimate of drug-likeness (QED) is 0.603. The first-order valence-electron chi connectivity index (χ1n) is 10.6. The van der Waals surface area contributed by atoms with Crippen molar-refractivity contribution in [2.24, 2.45) is 11.8 Å². The maximum absolute atomic E-state index is 13.3. The minimum atomic E-state index is -0.973. The predicted octanol–water partition coefficient (Wildman–Crippen LogP) is 2.08. The Kier molecular flexibility index (Phi) is 7.08. The lowest BCUT2D eigenvalue weighted by Crippen LogP contribution is -2.58. The van der Waals surface area contributed by atoms with E-state index in [-0.39, 0.29) is 17.7 Å². The summed E-state index contributed by atoms with van der Waals surface area (Å²) in [5.74, 6) is -0.691. The smallest absolute Gasteiger partial charge is 0.270 e. The molecule has 0 spiro atoms. The first-order chi connectivity index (χ1) is 14.8. The van der Waals surface area contributed by atoms with Crippen molar-refractivity contribution in [3.63, 3.8) is 0 Å². The van der Waals surface area contributed by atoms with Crippen molar-refractivity contribution in [1.29, 1.82) is 5.26 Å². The van der Waals surface area contributed by atoms with Crippen LogP contribution in [0, 0.1) is 23.2 Å². The molecule has 2 amide bonds.